The molecule has 5 nitrogen and oxygen atoms in total. The average molecular weight is 231 g/mol. The lowest BCUT2D eigenvalue weighted by molar-refractivity contribution is -0.131. The molecular weight excluding hydrogens is 210 g/mol. The van der Waals surface area contributed by atoms with Crippen molar-refractivity contribution in [3.63, 3.8) is 0 Å². The molecule has 16 heavy (non-hydrogen) atoms. The van der Waals surface area contributed by atoms with Crippen molar-refractivity contribution in [2.24, 2.45) is 5.92 Å². The summed E-state index contributed by atoms with van der Waals surface area (Å²) in [5.74, 6) is 0.207. The molecule has 1 aliphatic rings. The van der Waals surface area contributed by atoms with Gasteiger partial charge in [0.05, 0.1) is 12.7 Å². The van der Waals surface area contributed by atoms with Crippen molar-refractivity contribution in [1.82, 2.24) is 5.32 Å². The van der Waals surface area contributed by atoms with Crippen LogP contribution in [-0.2, 0) is 14.3 Å². The van der Waals surface area contributed by atoms with E-state index in [2.05, 4.69) is 5.32 Å². The number of rotatable bonds is 6. The molecule has 0 bridgehead atoms. The Morgan fingerprint density at radius 2 is 2.44 bits per heavy atom. The van der Waals surface area contributed by atoms with E-state index in [1.807, 2.05) is 6.92 Å². The first-order chi connectivity index (χ1) is 7.65. The van der Waals surface area contributed by atoms with Crippen molar-refractivity contribution in [3.8, 4) is 0 Å². The van der Waals surface area contributed by atoms with Crippen LogP contribution in [0.5, 0.6) is 0 Å². The molecule has 1 amide bonds. The third kappa shape index (κ3) is 4.08. The third-order valence-corrected chi connectivity index (χ3v) is 2.78. The van der Waals surface area contributed by atoms with Crippen LogP contribution < -0.4 is 5.32 Å². The van der Waals surface area contributed by atoms with Gasteiger partial charge in [-0.05, 0) is 18.8 Å². The zero-order valence-corrected chi connectivity index (χ0v) is 9.94. The minimum atomic E-state index is -0.521. The Bertz CT molecular complexity index is 222. The van der Waals surface area contributed by atoms with E-state index in [4.69, 9.17) is 9.47 Å². The Balaban J connectivity index is 2.15. The first kappa shape index (κ1) is 13.4. The highest BCUT2D eigenvalue weighted by molar-refractivity contribution is 5.81. The Hall–Kier alpha value is -0.650. The van der Waals surface area contributed by atoms with E-state index in [-0.39, 0.29) is 17.9 Å². The highest BCUT2D eigenvalue weighted by Gasteiger charge is 2.30. The SMILES string of the molecule is COCC(O)CCNC(=O)C1OCCC1C. The van der Waals surface area contributed by atoms with Crippen LogP contribution in [0.25, 0.3) is 0 Å². The smallest absolute Gasteiger partial charge is 0.249 e. The van der Waals surface area contributed by atoms with Crippen molar-refractivity contribution >= 4 is 5.91 Å². The summed E-state index contributed by atoms with van der Waals surface area (Å²) < 4.78 is 10.1. The van der Waals surface area contributed by atoms with Gasteiger partial charge in [-0.3, -0.25) is 4.79 Å². The lowest BCUT2D eigenvalue weighted by atomic mass is 10.0. The van der Waals surface area contributed by atoms with Gasteiger partial charge < -0.3 is 19.9 Å². The van der Waals surface area contributed by atoms with E-state index in [9.17, 15) is 9.90 Å². The maximum Gasteiger partial charge on any atom is 0.249 e. The highest BCUT2D eigenvalue weighted by atomic mass is 16.5. The molecular formula is C11H21NO4. The number of amides is 1. The average Bonchev–Trinajstić information content (AvgIpc) is 2.64. The van der Waals surface area contributed by atoms with Gasteiger partial charge in [0.25, 0.3) is 0 Å². The van der Waals surface area contributed by atoms with Crippen molar-refractivity contribution in [1.29, 1.82) is 0 Å². The quantitative estimate of drug-likeness (QED) is 0.671. The van der Waals surface area contributed by atoms with Gasteiger partial charge in [-0.15, -0.1) is 0 Å². The maximum atomic E-state index is 11.6. The zero-order chi connectivity index (χ0) is 12.0. The number of carbonyl (C=O) groups is 1. The fraction of sp³-hybridized carbons (Fsp3) is 0.909. The molecule has 1 fully saturated rings. The number of hydrogen-bond donors (Lipinski definition) is 2. The lowest BCUT2D eigenvalue weighted by Gasteiger charge is -2.15. The molecule has 1 aliphatic heterocycles. The van der Waals surface area contributed by atoms with Crippen LogP contribution in [0, 0.1) is 5.92 Å². The minimum absolute atomic E-state index is 0.0744. The van der Waals surface area contributed by atoms with E-state index in [1.54, 1.807) is 0 Å². The number of nitrogens with one attached hydrogen (secondary N) is 1. The molecule has 2 N–H and O–H groups in total. The Morgan fingerprint density at radius 1 is 1.69 bits per heavy atom. The van der Waals surface area contributed by atoms with Crippen molar-refractivity contribution in [2.45, 2.75) is 32.0 Å². The van der Waals surface area contributed by atoms with Crippen LogP contribution in [0.2, 0.25) is 0 Å². The van der Waals surface area contributed by atoms with E-state index < -0.39 is 6.10 Å². The number of aliphatic hydroxyl groups excluding tert-OH is 1. The van der Waals surface area contributed by atoms with Crippen LogP contribution in [0.4, 0.5) is 0 Å². The second-order valence-electron chi connectivity index (χ2n) is 4.25. The summed E-state index contributed by atoms with van der Waals surface area (Å²) in [4.78, 5) is 11.6. The van der Waals surface area contributed by atoms with Crippen LogP contribution in [0.1, 0.15) is 19.8 Å². The van der Waals surface area contributed by atoms with Crippen LogP contribution in [0.3, 0.4) is 0 Å². The summed E-state index contributed by atoms with van der Waals surface area (Å²) >= 11 is 0. The second-order valence-corrected chi connectivity index (χ2v) is 4.25. The monoisotopic (exact) mass is 231 g/mol. The summed E-state index contributed by atoms with van der Waals surface area (Å²) in [5, 5.41) is 12.1. The van der Waals surface area contributed by atoms with Crippen LogP contribution in [-0.4, -0.2) is 50.1 Å². The van der Waals surface area contributed by atoms with Gasteiger partial charge in [0.15, 0.2) is 0 Å². The first-order valence-electron chi connectivity index (χ1n) is 5.71. The predicted molar refractivity (Wildman–Crippen MR) is 59.0 cm³/mol. The fourth-order valence-corrected chi connectivity index (χ4v) is 1.77. The van der Waals surface area contributed by atoms with Gasteiger partial charge in [0, 0.05) is 20.3 Å². The first-order valence-corrected chi connectivity index (χ1v) is 5.71. The number of carbonyl (C=O) groups excluding carboxylic acids is 1. The summed E-state index contributed by atoms with van der Waals surface area (Å²) in [7, 11) is 1.54. The van der Waals surface area contributed by atoms with E-state index in [0.717, 1.165) is 6.42 Å². The summed E-state index contributed by atoms with van der Waals surface area (Å²) in [6.45, 7) is 3.42. The molecule has 0 aromatic carbocycles. The van der Waals surface area contributed by atoms with E-state index in [0.29, 0.717) is 26.2 Å². The molecule has 1 heterocycles. The Kier molecular flexibility index (Phi) is 5.73. The summed E-state index contributed by atoms with van der Waals surface area (Å²) in [5.41, 5.74) is 0. The molecule has 0 aromatic heterocycles. The number of hydrogen-bond acceptors (Lipinski definition) is 4. The zero-order valence-electron chi connectivity index (χ0n) is 9.94. The maximum absolute atomic E-state index is 11.6. The van der Waals surface area contributed by atoms with Gasteiger partial charge in [-0.1, -0.05) is 6.92 Å². The minimum Gasteiger partial charge on any atom is -0.391 e. The van der Waals surface area contributed by atoms with Gasteiger partial charge in [-0.2, -0.15) is 0 Å². The summed E-state index contributed by atoms with van der Waals surface area (Å²) in [6.07, 6.45) is 0.595. The lowest BCUT2D eigenvalue weighted by Crippen LogP contribution is -2.38. The topological polar surface area (TPSA) is 67.8 Å². The molecule has 0 spiro atoms. The van der Waals surface area contributed by atoms with E-state index >= 15 is 0 Å². The molecule has 1 saturated heterocycles. The van der Waals surface area contributed by atoms with Gasteiger partial charge in [-0.25, -0.2) is 0 Å². The fourth-order valence-electron chi connectivity index (χ4n) is 1.77. The van der Waals surface area contributed by atoms with Gasteiger partial charge in [0.1, 0.15) is 6.10 Å². The third-order valence-electron chi connectivity index (χ3n) is 2.78. The predicted octanol–water partition coefficient (Wildman–Crippen LogP) is -0.0750. The van der Waals surface area contributed by atoms with Crippen molar-refractivity contribution < 1.29 is 19.4 Å². The number of aliphatic hydroxyl groups is 1. The second kappa shape index (κ2) is 6.83. The number of ether oxygens (including phenoxy) is 2. The molecule has 3 atom stereocenters. The van der Waals surface area contributed by atoms with E-state index in [1.165, 1.54) is 7.11 Å². The molecule has 3 unspecified atom stereocenters. The molecule has 0 aliphatic carbocycles. The van der Waals surface area contributed by atoms with Crippen LogP contribution >= 0.6 is 0 Å². The van der Waals surface area contributed by atoms with Gasteiger partial charge >= 0.3 is 0 Å². The highest BCUT2D eigenvalue weighted by Crippen LogP contribution is 2.19. The molecule has 0 radical (unpaired) electrons. The largest absolute Gasteiger partial charge is 0.391 e. The molecule has 0 saturated carbocycles. The van der Waals surface area contributed by atoms with Crippen molar-refractivity contribution in [2.75, 3.05) is 26.9 Å². The van der Waals surface area contributed by atoms with Crippen LogP contribution in [0.15, 0.2) is 0 Å². The number of methoxy groups -OCH3 is 1. The standard InChI is InChI=1S/C11H21NO4/c1-8-4-6-16-10(8)11(14)12-5-3-9(13)7-15-2/h8-10,13H,3-7H2,1-2H3,(H,12,14). The molecule has 0 aromatic rings. The normalized spacial score (nSPS) is 26.7. The Labute approximate surface area is 96.1 Å². The molecule has 94 valence electrons. The Morgan fingerprint density at radius 3 is 3.00 bits per heavy atom. The molecule has 1 rings (SSSR count). The molecule has 5 heteroatoms. The van der Waals surface area contributed by atoms with Gasteiger partial charge in [0.2, 0.25) is 5.91 Å². The van der Waals surface area contributed by atoms with Crippen molar-refractivity contribution in [3.05, 3.63) is 0 Å². The summed E-state index contributed by atoms with van der Waals surface area (Å²) in [6, 6.07) is 0.